The molecule has 0 unspecified atom stereocenters. The zero-order valence-electron chi connectivity index (χ0n) is 22.2. The number of phenolic OH excluding ortho intramolecular Hbond substituents is 1. The van der Waals surface area contributed by atoms with Gasteiger partial charge in [-0.15, -0.1) is 0 Å². The molecule has 3 aromatic rings. The van der Waals surface area contributed by atoms with E-state index in [2.05, 4.69) is 28.8 Å². The van der Waals surface area contributed by atoms with Gasteiger partial charge in [-0.3, -0.25) is 9.59 Å². The number of phenols is 1. The van der Waals surface area contributed by atoms with Crippen LogP contribution in [0.1, 0.15) is 52.8 Å². The largest absolute Gasteiger partial charge is 0.508 e. The number of aryl methyl sites for hydroxylation is 1. The number of hydrogen-bond donors (Lipinski definition) is 3. The molecule has 2 aliphatic rings. The van der Waals surface area contributed by atoms with E-state index in [1.807, 2.05) is 31.2 Å². The molecule has 0 aromatic heterocycles. The summed E-state index contributed by atoms with van der Waals surface area (Å²) in [6, 6.07) is 17.2. The monoisotopic (exact) mass is 513 g/mol. The van der Waals surface area contributed by atoms with Gasteiger partial charge in [-0.2, -0.15) is 0 Å². The maximum absolute atomic E-state index is 13.6. The van der Waals surface area contributed by atoms with Crippen LogP contribution in [0.5, 0.6) is 11.5 Å². The Morgan fingerprint density at radius 1 is 1.13 bits per heavy atom. The molecule has 2 amide bonds. The Balaban J connectivity index is 1.45. The van der Waals surface area contributed by atoms with Crippen LogP contribution in [0.25, 0.3) is 0 Å². The van der Waals surface area contributed by atoms with Gasteiger partial charge in [-0.1, -0.05) is 36.4 Å². The number of amides is 2. The number of anilines is 1. The highest BCUT2D eigenvalue weighted by molar-refractivity contribution is 5.95. The van der Waals surface area contributed by atoms with Gasteiger partial charge in [0.25, 0.3) is 0 Å². The first-order valence-electron chi connectivity index (χ1n) is 13.2. The number of rotatable bonds is 5. The molecule has 0 bridgehead atoms. The van der Waals surface area contributed by atoms with Gasteiger partial charge < -0.3 is 25.4 Å². The van der Waals surface area contributed by atoms with Crippen molar-refractivity contribution >= 4 is 17.5 Å². The summed E-state index contributed by atoms with van der Waals surface area (Å²) in [5, 5.41) is 16.7. The van der Waals surface area contributed by atoms with E-state index >= 15 is 0 Å². The minimum absolute atomic E-state index is 0.0501. The third-order valence-corrected chi connectivity index (χ3v) is 7.68. The molecule has 0 aliphatic carbocycles. The lowest BCUT2D eigenvalue weighted by molar-refractivity contribution is -0.123. The second-order valence-corrected chi connectivity index (χ2v) is 10.3. The van der Waals surface area contributed by atoms with Crippen LogP contribution in [0.3, 0.4) is 0 Å². The topological polar surface area (TPSA) is 90.9 Å². The molecule has 2 heterocycles. The summed E-state index contributed by atoms with van der Waals surface area (Å²) in [5.41, 5.74) is 7.08. The molecular weight excluding hydrogens is 478 g/mol. The smallest absolute Gasteiger partial charge is 0.237 e. The van der Waals surface area contributed by atoms with Crippen molar-refractivity contribution in [2.24, 2.45) is 0 Å². The van der Waals surface area contributed by atoms with Crippen molar-refractivity contribution in [3.8, 4) is 11.5 Å². The first-order valence-corrected chi connectivity index (χ1v) is 13.2. The third-order valence-electron chi connectivity index (χ3n) is 7.68. The normalized spacial score (nSPS) is 18.7. The summed E-state index contributed by atoms with van der Waals surface area (Å²) >= 11 is 0. The molecule has 2 aliphatic heterocycles. The Labute approximate surface area is 223 Å². The SMILES string of the molecule is COc1cc(Cc2ccccc2)cc2c1N(C(C)=O)CC[C@H]2NC(=O)[C@@H]1Cc2c(C)cc(O)cc2CCN1. The van der Waals surface area contributed by atoms with E-state index in [1.54, 1.807) is 31.1 Å². The summed E-state index contributed by atoms with van der Waals surface area (Å²) < 4.78 is 5.78. The fourth-order valence-electron chi connectivity index (χ4n) is 5.82. The van der Waals surface area contributed by atoms with Crippen LogP contribution in [0, 0.1) is 6.92 Å². The van der Waals surface area contributed by atoms with Crippen LogP contribution >= 0.6 is 0 Å². The maximum Gasteiger partial charge on any atom is 0.237 e. The summed E-state index contributed by atoms with van der Waals surface area (Å²) in [4.78, 5) is 27.9. The highest BCUT2D eigenvalue weighted by Crippen LogP contribution is 2.42. The molecule has 3 N–H and O–H groups in total. The molecule has 7 nitrogen and oxygen atoms in total. The number of fused-ring (bicyclic) bond motifs is 2. The van der Waals surface area contributed by atoms with E-state index in [0.29, 0.717) is 31.7 Å². The molecule has 7 heteroatoms. The van der Waals surface area contributed by atoms with Gasteiger partial charge in [0.1, 0.15) is 11.5 Å². The first kappa shape index (κ1) is 25.8. The number of methoxy groups -OCH3 is 1. The average molecular weight is 514 g/mol. The van der Waals surface area contributed by atoms with Gasteiger partial charge in [0.2, 0.25) is 11.8 Å². The fourth-order valence-corrected chi connectivity index (χ4v) is 5.82. The Bertz CT molecular complexity index is 1350. The Morgan fingerprint density at radius 2 is 1.92 bits per heavy atom. The molecule has 0 saturated heterocycles. The number of carbonyl (C=O) groups is 2. The molecule has 198 valence electrons. The summed E-state index contributed by atoms with van der Waals surface area (Å²) in [5.74, 6) is 0.786. The second kappa shape index (κ2) is 10.9. The van der Waals surface area contributed by atoms with Gasteiger partial charge >= 0.3 is 0 Å². The number of hydrogen-bond acceptors (Lipinski definition) is 5. The van der Waals surface area contributed by atoms with Crippen molar-refractivity contribution in [3.63, 3.8) is 0 Å². The van der Waals surface area contributed by atoms with Gasteiger partial charge in [0.05, 0.1) is 24.9 Å². The van der Waals surface area contributed by atoms with E-state index in [1.165, 1.54) is 5.56 Å². The van der Waals surface area contributed by atoms with Crippen molar-refractivity contribution in [1.29, 1.82) is 0 Å². The maximum atomic E-state index is 13.6. The molecule has 2 atom stereocenters. The number of nitrogens with zero attached hydrogens (tertiary/aromatic N) is 1. The molecule has 38 heavy (non-hydrogen) atoms. The Hall–Kier alpha value is -3.84. The van der Waals surface area contributed by atoms with Crippen LogP contribution in [0.2, 0.25) is 0 Å². The standard InChI is InChI=1S/C31H35N3O4/c1-19-13-24(36)17-23-9-11-32-28(18-25(19)23)31(37)33-27-10-12-34(20(2)35)30-26(27)15-22(16-29(30)38-3)14-21-7-5-4-6-8-21/h4-8,13,15-17,27-28,32,36H,9-12,14,18H2,1-3H3,(H,33,37)/t27-,28+/m1/s1. The predicted octanol–water partition coefficient (Wildman–Crippen LogP) is 3.97. The number of nitrogens with one attached hydrogen (secondary N) is 2. The van der Waals surface area contributed by atoms with Crippen LogP contribution in [-0.4, -0.2) is 43.2 Å². The van der Waals surface area contributed by atoms with Gasteiger partial charge in [0, 0.05) is 19.0 Å². The fraction of sp³-hybridized carbons (Fsp3) is 0.355. The van der Waals surface area contributed by atoms with Crippen LogP contribution in [0.15, 0.2) is 54.6 Å². The Morgan fingerprint density at radius 3 is 2.66 bits per heavy atom. The number of benzene rings is 3. The minimum atomic E-state index is -0.386. The molecule has 0 saturated carbocycles. The van der Waals surface area contributed by atoms with Crippen molar-refractivity contribution < 1.29 is 19.4 Å². The van der Waals surface area contributed by atoms with Gasteiger partial charge in [-0.05, 0) is 85.2 Å². The van der Waals surface area contributed by atoms with E-state index in [0.717, 1.165) is 46.3 Å². The lowest BCUT2D eigenvalue weighted by Gasteiger charge is -2.36. The first-order chi connectivity index (χ1) is 18.3. The van der Waals surface area contributed by atoms with Crippen LogP contribution < -0.4 is 20.3 Å². The van der Waals surface area contributed by atoms with Gasteiger partial charge in [-0.25, -0.2) is 0 Å². The number of aromatic hydroxyl groups is 1. The number of carbonyl (C=O) groups excluding carboxylic acids is 2. The van der Waals surface area contributed by atoms with Crippen molar-refractivity contribution in [1.82, 2.24) is 10.6 Å². The molecule has 0 radical (unpaired) electrons. The van der Waals surface area contributed by atoms with Crippen LogP contribution in [-0.2, 0) is 28.9 Å². The van der Waals surface area contributed by atoms with E-state index in [9.17, 15) is 14.7 Å². The van der Waals surface area contributed by atoms with Crippen LogP contribution in [0.4, 0.5) is 5.69 Å². The predicted molar refractivity (Wildman–Crippen MR) is 148 cm³/mol. The summed E-state index contributed by atoms with van der Waals surface area (Å²) in [7, 11) is 1.62. The molecule has 0 spiro atoms. The van der Waals surface area contributed by atoms with E-state index in [4.69, 9.17) is 4.74 Å². The van der Waals surface area contributed by atoms with Gasteiger partial charge in [0.15, 0.2) is 0 Å². The lowest BCUT2D eigenvalue weighted by atomic mass is 9.91. The van der Waals surface area contributed by atoms with Crippen molar-refractivity contribution in [2.75, 3.05) is 25.1 Å². The van der Waals surface area contributed by atoms with Crippen molar-refractivity contribution in [3.05, 3.63) is 88.0 Å². The highest BCUT2D eigenvalue weighted by Gasteiger charge is 2.33. The zero-order chi connectivity index (χ0) is 26.8. The average Bonchev–Trinajstić information content (AvgIpc) is 3.12. The summed E-state index contributed by atoms with van der Waals surface area (Å²) in [6.45, 7) is 4.70. The molecule has 0 fully saturated rings. The van der Waals surface area contributed by atoms with E-state index < -0.39 is 0 Å². The highest BCUT2D eigenvalue weighted by atomic mass is 16.5. The quantitative estimate of drug-likeness (QED) is 0.480. The van der Waals surface area contributed by atoms with E-state index in [-0.39, 0.29) is 29.6 Å². The minimum Gasteiger partial charge on any atom is -0.508 e. The Kier molecular flexibility index (Phi) is 7.38. The second-order valence-electron chi connectivity index (χ2n) is 10.3. The molecular formula is C31H35N3O4. The zero-order valence-corrected chi connectivity index (χ0v) is 22.2. The third kappa shape index (κ3) is 5.24. The number of ether oxygens (including phenoxy) is 1. The molecule has 3 aromatic carbocycles. The molecule has 5 rings (SSSR count). The van der Waals surface area contributed by atoms with Crippen molar-refractivity contribution in [2.45, 2.75) is 51.6 Å². The summed E-state index contributed by atoms with van der Waals surface area (Å²) in [6.07, 6.45) is 2.66. The lowest BCUT2D eigenvalue weighted by Crippen LogP contribution is -2.48.